The first-order valence-electron chi connectivity index (χ1n) is 10.0. The molecule has 31 heavy (non-hydrogen) atoms. The zero-order valence-corrected chi connectivity index (χ0v) is 17.3. The lowest BCUT2D eigenvalue weighted by molar-refractivity contribution is -0.385. The number of benzene rings is 2. The molecule has 2 aromatic rings. The normalized spacial score (nSPS) is 20.8. The number of rotatable bonds is 4. The van der Waals surface area contributed by atoms with E-state index in [-0.39, 0.29) is 29.4 Å². The van der Waals surface area contributed by atoms with Gasteiger partial charge in [-0.25, -0.2) is 4.79 Å². The average Bonchev–Trinajstić information content (AvgIpc) is 2.78. The predicted molar refractivity (Wildman–Crippen MR) is 114 cm³/mol. The molecule has 0 bridgehead atoms. The summed E-state index contributed by atoms with van der Waals surface area (Å²) in [6.07, 6.45) is 0.850. The summed E-state index contributed by atoms with van der Waals surface area (Å²) in [6, 6.07) is 16.0. The predicted octanol–water partition coefficient (Wildman–Crippen LogP) is 4.13. The van der Waals surface area contributed by atoms with Crippen molar-refractivity contribution in [3.63, 3.8) is 0 Å². The molecule has 0 fully saturated rings. The molecular weight excluding hydrogens is 396 g/mol. The molecule has 1 N–H and O–H groups in total. The Kier molecular flexibility index (Phi) is 5.42. The summed E-state index contributed by atoms with van der Waals surface area (Å²) in [5, 5.41) is 15.0. The molecule has 0 aromatic heterocycles. The van der Waals surface area contributed by atoms with Gasteiger partial charge in [-0.1, -0.05) is 48.5 Å². The third-order valence-corrected chi connectivity index (χ3v) is 5.95. The number of ketones is 1. The lowest BCUT2D eigenvalue weighted by atomic mass is 9.71. The van der Waals surface area contributed by atoms with Gasteiger partial charge in [-0.2, -0.15) is 0 Å². The Labute approximate surface area is 179 Å². The Bertz CT molecular complexity index is 1130. The number of Topliss-reactive ketones (excluding diaryl/α,β-unsaturated/α-hetero) is 1. The quantitative estimate of drug-likeness (QED) is 0.455. The van der Waals surface area contributed by atoms with E-state index in [1.807, 2.05) is 30.3 Å². The molecule has 1 aliphatic heterocycles. The molecule has 0 radical (unpaired) electrons. The number of para-hydroxylation sites is 1. The second-order valence-corrected chi connectivity index (χ2v) is 7.74. The van der Waals surface area contributed by atoms with E-state index in [0.29, 0.717) is 29.0 Å². The second kappa shape index (κ2) is 8.18. The van der Waals surface area contributed by atoms with Crippen molar-refractivity contribution in [2.75, 3.05) is 7.11 Å². The van der Waals surface area contributed by atoms with Gasteiger partial charge in [0.2, 0.25) is 0 Å². The second-order valence-electron chi connectivity index (χ2n) is 7.74. The van der Waals surface area contributed by atoms with Gasteiger partial charge in [-0.05, 0) is 24.8 Å². The van der Waals surface area contributed by atoms with E-state index in [2.05, 4.69) is 5.32 Å². The molecule has 0 spiro atoms. The van der Waals surface area contributed by atoms with Crippen molar-refractivity contribution < 1.29 is 19.2 Å². The maximum atomic E-state index is 13.4. The van der Waals surface area contributed by atoms with Gasteiger partial charge in [0.05, 0.1) is 23.5 Å². The van der Waals surface area contributed by atoms with Crippen molar-refractivity contribution in [3.8, 4) is 0 Å². The van der Waals surface area contributed by atoms with Crippen molar-refractivity contribution in [1.29, 1.82) is 0 Å². The van der Waals surface area contributed by atoms with E-state index < -0.39 is 16.8 Å². The van der Waals surface area contributed by atoms with Gasteiger partial charge >= 0.3 is 5.97 Å². The average molecular weight is 418 g/mol. The Morgan fingerprint density at radius 2 is 1.77 bits per heavy atom. The van der Waals surface area contributed by atoms with Crippen LogP contribution in [0.1, 0.15) is 42.7 Å². The number of nitrogens with zero attached hydrogens (tertiary/aromatic N) is 1. The molecular formula is C24H22N2O5. The van der Waals surface area contributed by atoms with Crippen molar-refractivity contribution in [2.45, 2.75) is 31.6 Å². The molecule has 2 unspecified atom stereocenters. The molecule has 1 aliphatic carbocycles. The van der Waals surface area contributed by atoms with Gasteiger partial charge < -0.3 is 10.1 Å². The molecule has 7 heteroatoms. The summed E-state index contributed by atoms with van der Waals surface area (Å²) in [4.78, 5) is 37.3. The van der Waals surface area contributed by atoms with Crippen LogP contribution in [0.25, 0.3) is 0 Å². The Balaban J connectivity index is 1.88. The monoisotopic (exact) mass is 418 g/mol. The van der Waals surface area contributed by atoms with Crippen LogP contribution in [0.4, 0.5) is 5.69 Å². The summed E-state index contributed by atoms with van der Waals surface area (Å²) in [6.45, 7) is 1.73. The van der Waals surface area contributed by atoms with Crippen LogP contribution >= 0.6 is 0 Å². The SMILES string of the molecule is COC(=O)C1=C(C)NC2=C(C(=O)CC(c3ccccc3)C2)C1c1ccccc1[N+](=O)[O-]. The van der Waals surface area contributed by atoms with Crippen molar-refractivity contribution >= 4 is 17.4 Å². The fourth-order valence-electron chi connectivity index (χ4n) is 4.59. The topological polar surface area (TPSA) is 98.5 Å². The van der Waals surface area contributed by atoms with Crippen LogP contribution < -0.4 is 5.32 Å². The van der Waals surface area contributed by atoms with Crippen LogP contribution in [0.5, 0.6) is 0 Å². The number of carbonyl (C=O) groups excluding carboxylic acids is 2. The highest BCUT2D eigenvalue weighted by Gasteiger charge is 2.43. The first-order chi connectivity index (χ1) is 14.9. The van der Waals surface area contributed by atoms with Crippen molar-refractivity contribution in [3.05, 3.63) is 98.4 Å². The Hall–Kier alpha value is -3.74. The Morgan fingerprint density at radius 1 is 1.10 bits per heavy atom. The zero-order valence-electron chi connectivity index (χ0n) is 17.3. The number of esters is 1. The number of ether oxygens (including phenoxy) is 1. The third-order valence-electron chi connectivity index (χ3n) is 5.95. The first kappa shape index (κ1) is 20.5. The van der Waals surface area contributed by atoms with E-state index in [1.165, 1.54) is 13.2 Å². The Morgan fingerprint density at radius 3 is 2.45 bits per heavy atom. The van der Waals surface area contributed by atoms with E-state index in [9.17, 15) is 19.7 Å². The van der Waals surface area contributed by atoms with Crippen LogP contribution in [-0.4, -0.2) is 23.8 Å². The molecule has 0 amide bonds. The standard InChI is InChI=1S/C24H22N2O5/c1-14-21(24(28)31-2)22(17-10-6-7-11-19(17)26(29)30)23-18(25-14)12-16(13-20(23)27)15-8-4-3-5-9-15/h3-11,16,22,25H,12-13H2,1-2H3. The van der Waals surface area contributed by atoms with Crippen LogP contribution in [0, 0.1) is 10.1 Å². The molecule has 0 saturated heterocycles. The van der Waals surface area contributed by atoms with Crippen molar-refractivity contribution in [2.24, 2.45) is 0 Å². The van der Waals surface area contributed by atoms with Gasteiger partial charge in [0.1, 0.15) is 0 Å². The third kappa shape index (κ3) is 3.63. The van der Waals surface area contributed by atoms with Crippen LogP contribution in [0.3, 0.4) is 0 Å². The van der Waals surface area contributed by atoms with Crippen LogP contribution in [0.2, 0.25) is 0 Å². The lowest BCUT2D eigenvalue weighted by Gasteiger charge is -2.36. The minimum atomic E-state index is -0.852. The summed E-state index contributed by atoms with van der Waals surface area (Å²) in [5.74, 6) is -1.59. The number of methoxy groups -OCH3 is 1. The highest BCUT2D eigenvalue weighted by atomic mass is 16.6. The van der Waals surface area contributed by atoms with Gasteiger partial charge in [-0.15, -0.1) is 0 Å². The number of allylic oxidation sites excluding steroid dienone is 3. The maximum absolute atomic E-state index is 13.4. The fourth-order valence-corrected chi connectivity index (χ4v) is 4.59. The van der Waals surface area contributed by atoms with Gasteiger partial charge in [-0.3, -0.25) is 14.9 Å². The summed E-state index contributed by atoms with van der Waals surface area (Å²) in [5.41, 5.74) is 3.12. The lowest BCUT2D eigenvalue weighted by Crippen LogP contribution is -2.36. The van der Waals surface area contributed by atoms with E-state index >= 15 is 0 Å². The minimum absolute atomic E-state index is 0.00108. The smallest absolute Gasteiger partial charge is 0.336 e. The molecule has 2 aliphatic rings. The number of dihydropyridines is 1. The maximum Gasteiger partial charge on any atom is 0.336 e. The molecule has 2 atom stereocenters. The highest BCUT2D eigenvalue weighted by Crippen LogP contribution is 2.47. The van der Waals surface area contributed by atoms with E-state index in [1.54, 1.807) is 25.1 Å². The zero-order chi connectivity index (χ0) is 22.1. The number of carbonyl (C=O) groups is 2. The molecule has 4 rings (SSSR count). The molecule has 0 saturated carbocycles. The minimum Gasteiger partial charge on any atom is -0.466 e. The highest BCUT2D eigenvalue weighted by molar-refractivity contribution is 6.04. The summed E-state index contributed by atoms with van der Waals surface area (Å²) >= 11 is 0. The number of hydrogen-bond acceptors (Lipinski definition) is 6. The first-order valence-corrected chi connectivity index (χ1v) is 10.0. The van der Waals surface area contributed by atoms with E-state index in [0.717, 1.165) is 5.56 Å². The number of nitro benzene ring substituents is 1. The van der Waals surface area contributed by atoms with Crippen molar-refractivity contribution in [1.82, 2.24) is 5.32 Å². The fraction of sp³-hybridized carbons (Fsp3) is 0.250. The number of nitrogens with one attached hydrogen (secondary N) is 1. The summed E-state index contributed by atoms with van der Waals surface area (Å²) < 4.78 is 4.98. The van der Waals surface area contributed by atoms with E-state index in [4.69, 9.17) is 4.74 Å². The van der Waals surface area contributed by atoms with Gasteiger partial charge in [0, 0.05) is 35.0 Å². The largest absolute Gasteiger partial charge is 0.466 e. The molecule has 1 heterocycles. The number of nitro groups is 1. The molecule has 158 valence electrons. The number of hydrogen-bond donors (Lipinski definition) is 1. The van der Waals surface area contributed by atoms with Gasteiger partial charge in [0.15, 0.2) is 5.78 Å². The summed E-state index contributed by atoms with van der Waals surface area (Å²) in [7, 11) is 1.26. The molecule has 2 aromatic carbocycles. The van der Waals surface area contributed by atoms with Crippen LogP contribution in [-0.2, 0) is 14.3 Å². The molecule has 7 nitrogen and oxygen atoms in total. The van der Waals surface area contributed by atoms with Gasteiger partial charge in [0.25, 0.3) is 5.69 Å². The van der Waals surface area contributed by atoms with Crippen LogP contribution in [0.15, 0.2) is 77.1 Å².